The number of piperazine rings is 1. The van der Waals surface area contributed by atoms with Gasteiger partial charge in [0, 0.05) is 37.8 Å². The number of rotatable bonds is 7. The lowest BCUT2D eigenvalue weighted by Gasteiger charge is -2.27. The van der Waals surface area contributed by atoms with E-state index in [-0.39, 0.29) is 0 Å². The molecular weight excluding hydrogens is 404 g/mol. The number of nitrogens with one attached hydrogen (secondary N) is 2. The number of nitrogens with zero attached hydrogens (tertiary/aromatic N) is 2. The van der Waals surface area contributed by atoms with Crippen LogP contribution in [0.4, 0.5) is 0 Å². The molecule has 4 nitrogen and oxygen atoms in total. The number of benzene rings is 2. The van der Waals surface area contributed by atoms with Crippen LogP contribution >= 0.6 is 0 Å². The number of allylic oxidation sites excluding steroid dienone is 2. The molecule has 1 aliphatic carbocycles. The summed E-state index contributed by atoms with van der Waals surface area (Å²) < 4.78 is 0. The topological polar surface area (TPSA) is 51.5 Å². The molecule has 2 N–H and O–H groups in total. The molecule has 1 heterocycles. The summed E-state index contributed by atoms with van der Waals surface area (Å²) in [5.41, 5.74) is 6.84. The molecule has 4 rings (SSSR count). The van der Waals surface area contributed by atoms with Gasteiger partial charge < -0.3 is 10.2 Å². The fourth-order valence-electron chi connectivity index (χ4n) is 4.74. The van der Waals surface area contributed by atoms with Crippen molar-refractivity contribution in [2.24, 2.45) is 4.99 Å². The first-order valence-electron chi connectivity index (χ1n) is 12.5. The molecule has 176 valence electrons. The molecule has 0 atom stereocenters. The Hall–Kier alpha value is -2.56. The first kappa shape index (κ1) is 25.1. The third kappa shape index (κ3) is 8.06. The van der Waals surface area contributed by atoms with E-state index in [2.05, 4.69) is 89.7 Å². The SMILES string of the molecule is C/C(CCCN1CCNCC1)=C1/CCCC1=NC=N.CC(c1ccccc1)c1ccccc1. The molecule has 2 fully saturated rings. The zero-order valence-electron chi connectivity index (χ0n) is 20.4. The van der Waals surface area contributed by atoms with E-state index in [0.29, 0.717) is 5.92 Å². The van der Waals surface area contributed by atoms with Crippen LogP contribution in [0.5, 0.6) is 0 Å². The van der Waals surface area contributed by atoms with Crippen LogP contribution in [0.25, 0.3) is 0 Å². The molecule has 2 aromatic carbocycles. The molecule has 0 aromatic heterocycles. The molecule has 1 saturated carbocycles. The smallest absolute Gasteiger partial charge is 0.107 e. The third-order valence-electron chi connectivity index (χ3n) is 6.76. The highest BCUT2D eigenvalue weighted by molar-refractivity contribution is 6.05. The second-order valence-electron chi connectivity index (χ2n) is 9.06. The molecule has 1 aliphatic heterocycles. The van der Waals surface area contributed by atoms with E-state index in [1.54, 1.807) is 0 Å². The summed E-state index contributed by atoms with van der Waals surface area (Å²) in [6.45, 7) is 10.4. The van der Waals surface area contributed by atoms with Crippen molar-refractivity contribution in [3.05, 3.63) is 82.9 Å². The minimum Gasteiger partial charge on any atom is -0.314 e. The van der Waals surface area contributed by atoms with Crippen molar-refractivity contribution in [3.63, 3.8) is 0 Å². The van der Waals surface area contributed by atoms with Crippen molar-refractivity contribution in [3.8, 4) is 0 Å². The van der Waals surface area contributed by atoms with E-state index in [1.807, 2.05) is 0 Å². The summed E-state index contributed by atoms with van der Waals surface area (Å²) >= 11 is 0. The van der Waals surface area contributed by atoms with Crippen LogP contribution in [-0.2, 0) is 0 Å². The second-order valence-corrected chi connectivity index (χ2v) is 9.06. The Kier molecular flexibility index (Phi) is 10.5. The number of hydrogen-bond acceptors (Lipinski definition) is 3. The zero-order chi connectivity index (χ0) is 23.3. The van der Waals surface area contributed by atoms with E-state index in [4.69, 9.17) is 5.41 Å². The van der Waals surface area contributed by atoms with Gasteiger partial charge in [-0.05, 0) is 62.3 Å². The summed E-state index contributed by atoms with van der Waals surface area (Å²) in [5, 5.41) is 10.5. The molecule has 1 saturated heterocycles. The van der Waals surface area contributed by atoms with E-state index < -0.39 is 0 Å². The molecule has 0 spiro atoms. The number of aliphatic imine (C=N–C) groups is 1. The molecular formula is C29H40N4. The van der Waals surface area contributed by atoms with Crippen LogP contribution in [-0.4, -0.2) is 49.7 Å². The first-order chi connectivity index (χ1) is 16.2. The summed E-state index contributed by atoms with van der Waals surface area (Å²) in [4.78, 5) is 6.76. The monoisotopic (exact) mass is 444 g/mol. The maximum absolute atomic E-state index is 7.12. The van der Waals surface area contributed by atoms with Gasteiger partial charge in [0.25, 0.3) is 0 Å². The Balaban J connectivity index is 0.000000194. The Morgan fingerprint density at radius 1 is 1.00 bits per heavy atom. The molecule has 0 unspecified atom stereocenters. The van der Waals surface area contributed by atoms with Gasteiger partial charge in [-0.3, -0.25) is 5.41 Å². The van der Waals surface area contributed by atoms with Crippen LogP contribution < -0.4 is 5.32 Å². The predicted octanol–water partition coefficient (Wildman–Crippen LogP) is 6.06. The van der Waals surface area contributed by atoms with E-state index in [9.17, 15) is 0 Å². The van der Waals surface area contributed by atoms with Gasteiger partial charge in [0.1, 0.15) is 6.34 Å². The van der Waals surface area contributed by atoms with Gasteiger partial charge in [0.2, 0.25) is 0 Å². The Labute approximate surface area is 200 Å². The van der Waals surface area contributed by atoms with Crippen molar-refractivity contribution in [1.82, 2.24) is 10.2 Å². The van der Waals surface area contributed by atoms with Gasteiger partial charge in [0.15, 0.2) is 0 Å². The molecule has 2 aliphatic rings. The lowest BCUT2D eigenvalue weighted by atomic mass is 9.93. The lowest BCUT2D eigenvalue weighted by Crippen LogP contribution is -2.43. The predicted molar refractivity (Wildman–Crippen MR) is 142 cm³/mol. The largest absolute Gasteiger partial charge is 0.314 e. The zero-order valence-corrected chi connectivity index (χ0v) is 20.4. The minimum absolute atomic E-state index is 0.484. The Bertz CT molecular complexity index is 856. The van der Waals surface area contributed by atoms with Crippen LogP contribution in [0.15, 0.2) is 76.8 Å². The van der Waals surface area contributed by atoms with Crippen LogP contribution in [0.3, 0.4) is 0 Å². The third-order valence-corrected chi connectivity index (χ3v) is 6.76. The van der Waals surface area contributed by atoms with Crippen molar-refractivity contribution >= 4 is 12.1 Å². The highest BCUT2D eigenvalue weighted by atomic mass is 15.2. The molecule has 33 heavy (non-hydrogen) atoms. The van der Waals surface area contributed by atoms with E-state index in [0.717, 1.165) is 31.6 Å². The van der Waals surface area contributed by atoms with Crippen molar-refractivity contribution in [2.45, 2.75) is 51.9 Å². The van der Waals surface area contributed by atoms with Crippen molar-refractivity contribution < 1.29 is 0 Å². The summed E-state index contributed by atoms with van der Waals surface area (Å²) in [6, 6.07) is 21.2. The minimum atomic E-state index is 0.484. The Morgan fingerprint density at radius 3 is 2.18 bits per heavy atom. The van der Waals surface area contributed by atoms with Gasteiger partial charge in [-0.25, -0.2) is 4.99 Å². The van der Waals surface area contributed by atoms with Gasteiger partial charge in [-0.15, -0.1) is 0 Å². The van der Waals surface area contributed by atoms with Gasteiger partial charge in [-0.2, -0.15) is 0 Å². The van der Waals surface area contributed by atoms with Crippen LogP contribution in [0, 0.1) is 5.41 Å². The van der Waals surface area contributed by atoms with E-state index >= 15 is 0 Å². The van der Waals surface area contributed by atoms with Crippen LogP contribution in [0.1, 0.15) is 63.0 Å². The molecule has 0 amide bonds. The van der Waals surface area contributed by atoms with Gasteiger partial charge >= 0.3 is 0 Å². The standard InChI is InChI=1S/C15H26N4.C14H14/c1-13(14-5-2-6-15(14)18-12-16)4-3-9-19-10-7-17-8-11-19;1-12(13-8-4-2-5-9-13)14-10-6-3-7-11-14/h12,16-17H,2-11H2,1H3;2-12H,1H3/b14-13+,16-12?,18-15?;. The summed E-state index contributed by atoms with van der Waals surface area (Å²) in [5.74, 6) is 0.484. The van der Waals surface area contributed by atoms with Crippen LogP contribution in [0.2, 0.25) is 0 Å². The summed E-state index contributed by atoms with van der Waals surface area (Å²) in [7, 11) is 0. The van der Waals surface area contributed by atoms with Gasteiger partial charge in [0.05, 0.1) is 0 Å². The lowest BCUT2D eigenvalue weighted by molar-refractivity contribution is 0.238. The fraction of sp³-hybridized carbons (Fsp3) is 0.448. The maximum atomic E-state index is 7.12. The summed E-state index contributed by atoms with van der Waals surface area (Å²) in [6.07, 6.45) is 7.03. The average Bonchev–Trinajstić information content (AvgIpc) is 3.34. The quantitative estimate of drug-likeness (QED) is 0.403. The fourth-order valence-corrected chi connectivity index (χ4v) is 4.74. The highest BCUT2D eigenvalue weighted by Crippen LogP contribution is 2.27. The Morgan fingerprint density at radius 2 is 1.61 bits per heavy atom. The molecule has 4 heteroatoms. The normalized spacial score (nSPS) is 19.3. The average molecular weight is 445 g/mol. The van der Waals surface area contributed by atoms with Gasteiger partial charge in [-0.1, -0.05) is 73.2 Å². The second kappa shape index (κ2) is 13.9. The first-order valence-corrected chi connectivity index (χ1v) is 12.5. The molecule has 0 radical (unpaired) electrons. The molecule has 0 bridgehead atoms. The molecule has 2 aromatic rings. The maximum Gasteiger partial charge on any atom is 0.107 e. The van der Waals surface area contributed by atoms with Crippen molar-refractivity contribution in [1.29, 1.82) is 5.41 Å². The highest BCUT2D eigenvalue weighted by Gasteiger charge is 2.17. The van der Waals surface area contributed by atoms with E-state index in [1.165, 1.54) is 67.5 Å². The number of hydrogen-bond donors (Lipinski definition) is 2. The van der Waals surface area contributed by atoms with Crippen molar-refractivity contribution in [2.75, 3.05) is 32.7 Å².